The van der Waals surface area contributed by atoms with Crippen LogP contribution in [0.15, 0.2) is 120 Å². The number of carbonyl (C=O) groups is 1. The minimum Gasteiger partial charge on any atom is -0.392 e. The first-order valence-corrected chi connectivity index (χ1v) is 18.6. The highest BCUT2D eigenvalue weighted by molar-refractivity contribution is 7.99. The second-order valence-corrected chi connectivity index (χ2v) is 14.9. The van der Waals surface area contributed by atoms with Gasteiger partial charge in [-0.25, -0.2) is 8.42 Å². The monoisotopic (exact) mass is 713 g/mol. The Hall–Kier alpha value is -4.37. The van der Waals surface area contributed by atoms with Crippen molar-refractivity contribution in [2.75, 3.05) is 11.1 Å². The lowest BCUT2D eigenvalue weighted by molar-refractivity contribution is -0.245. The average molecular weight is 714 g/mol. The molecule has 4 atom stereocenters. The van der Waals surface area contributed by atoms with Crippen molar-refractivity contribution < 1.29 is 27.8 Å². The summed E-state index contributed by atoms with van der Waals surface area (Å²) in [6.07, 6.45) is 1.14. The fraction of sp³-hybridized carbons (Fsp3) is 0.270. The number of nitrogens with zero attached hydrogens (tertiary/aromatic N) is 3. The van der Waals surface area contributed by atoms with Gasteiger partial charge in [-0.1, -0.05) is 96.2 Å². The lowest BCUT2D eigenvalue weighted by Crippen LogP contribution is -2.45. The van der Waals surface area contributed by atoms with E-state index in [1.807, 2.05) is 79.2 Å². The first kappa shape index (κ1) is 35.5. The van der Waals surface area contributed by atoms with Gasteiger partial charge in [0.05, 0.1) is 23.7 Å². The number of aliphatic hydroxyl groups is 1. The van der Waals surface area contributed by atoms with E-state index >= 15 is 0 Å². The van der Waals surface area contributed by atoms with Crippen LogP contribution >= 0.6 is 11.8 Å². The average Bonchev–Trinajstić information content (AvgIpc) is 3.55. The summed E-state index contributed by atoms with van der Waals surface area (Å²) in [5, 5.41) is 21.4. The van der Waals surface area contributed by atoms with Crippen LogP contribution in [0.1, 0.15) is 46.6 Å². The molecule has 4 aromatic carbocycles. The number of hydrogen-bond donors (Lipinski definition) is 3. The van der Waals surface area contributed by atoms with Gasteiger partial charge >= 0.3 is 0 Å². The van der Waals surface area contributed by atoms with Crippen molar-refractivity contribution in [3.05, 3.63) is 137 Å². The zero-order valence-corrected chi connectivity index (χ0v) is 29.3. The summed E-state index contributed by atoms with van der Waals surface area (Å²) in [5.74, 6) is 0.100. The number of thioether (sulfide) groups is 1. The summed E-state index contributed by atoms with van der Waals surface area (Å²) in [5.41, 5.74) is 4.65. The van der Waals surface area contributed by atoms with Crippen LogP contribution in [0.3, 0.4) is 0 Å². The highest BCUT2D eigenvalue weighted by Crippen LogP contribution is 2.39. The van der Waals surface area contributed by atoms with Crippen LogP contribution in [0, 0.1) is 6.92 Å². The molecule has 13 heteroatoms. The smallest absolute Gasteiger partial charge is 0.242 e. The molecule has 1 aliphatic heterocycles. The number of aromatic nitrogens is 3. The summed E-state index contributed by atoms with van der Waals surface area (Å²) in [4.78, 5) is 13.9. The van der Waals surface area contributed by atoms with Crippen molar-refractivity contribution in [2.24, 2.45) is 7.05 Å². The molecule has 2 heterocycles. The van der Waals surface area contributed by atoms with Crippen molar-refractivity contribution in [3.63, 3.8) is 0 Å². The van der Waals surface area contributed by atoms with Crippen molar-refractivity contribution in [3.8, 4) is 0 Å². The van der Waals surface area contributed by atoms with Crippen molar-refractivity contribution in [2.45, 2.75) is 61.0 Å². The Morgan fingerprint density at radius 3 is 2.42 bits per heavy atom. The summed E-state index contributed by atoms with van der Waals surface area (Å²) in [7, 11) is -2.12. The number of aliphatic hydroxyl groups excluding tert-OH is 1. The van der Waals surface area contributed by atoms with Crippen molar-refractivity contribution >= 4 is 33.4 Å². The van der Waals surface area contributed by atoms with Crippen LogP contribution in [0.5, 0.6) is 0 Å². The van der Waals surface area contributed by atoms with E-state index in [1.54, 1.807) is 48.4 Å². The standard InChI is InChI=1S/C37H39N5O6S2/c1-25-11-17-32(18-12-25)50(45,46)41-33(19-26-7-4-3-5-8-26)35(44)39-30-10-6-9-29(20-30)36-47-31(23-49-37-40-38-24-42(37)2)21-34(48-36)28-15-13-27(22-43)14-16-28/h3-18,20,24,31,33-34,36,41,43H,19,21-23H2,1-2H3,(H,39,44)/t31-,33-,34+,36+/m1/s1. The Balaban J connectivity index is 1.22. The van der Waals surface area contributed by atoms with Gasteiger partial charge in [-0.05, 0) is 54.3 Å². The Labute approximate surface area is 296 Å². The van der Waals surface area contributed by atoms with E-state index in [0.29, 0.717) is 23.4 Å². The number of hydrogen-bond acceptors (Lipinski definition) is 9. The Morgan fingerprint density at radius 1 is 0.960 bits per heavy atom. The lowest BCUT2D eigenvalue weighted by Gasteiger charge is -2.36. The topological polar surface area (TPSA) is 145 Å². The molecular formula is C37H39N5O6S2. The second-order valence-electron chi connectivity index (χ2n) is 12.2. The molecule has 260 valence electrons. The van der Waals surface area contributed by atoms with Crippen molar-refractivity contribution in [1.82, 2.24) is 19.5 Å². The van der Waals surface area contributed by atoms with E-state index in [4.69, 9.17) is 9.47 Å². The molecule has 0 aliphatic carbocycles. The SMILES string of the molecule is Cc1ccc(S(=O)(=O)N[C@H](Cc2ccccc2)C(=O)Nc2cccc([C@H]3O[C@@H](CSc4nncn4C)C[C@@H](c4ccc(CO)cc4)O3)c2)cc1. The fourth-order valence-electron chi connectivity index (χ4n) is 5.60. The molecule has 0 saturated carbocycles. The van der Waals surface area contributed by atoms with Crippen LogP contribution in [0.25, 0.3) is 0 Å². The van der Waals surface area contributed by atoms with Gasteiger partial charge in [-0.2, -0.15) is 4.72 Å². The van der Waals surface area contributed by atoms with Gasteiger partial charge in [0, 0.05) is 30.5 Å². The molecular weight excluding hydrogens is 675 g/mol. The minimum absolute atomic E-state index is 0.0490. The zero-order valence-electron chi connectivity index (χ0n) is 27.7. The summed E-state index contributed by atoms with van der Waals surface area (Å²) < 4.78 is 44.2. The molecule has 1 amide bonds. The second kappa shape index (κ2) is 16.1. The highest BCUT2D eigenvalue weighted by atomic mass is 32.2. The number of anilines is 1. The largest absolute Gasteiger partial charge is 0.392 e. The minimum atomic E-state index is -4.00. The lowest BCUT2D eigenvalue weighted by atomic mass is 10.0. The molecule has 1 aromatic heterocycles. The molecule has 6 rings (SSSR count). The number of benzene rings is 4. The van der Waals surface area contributed by atoms with E-state index < -0.39 is 28.3 Å². The van der Waals surface area contributed by atoms with Gasteiger partial charge < -0.3 is 24.5 Å². The predicted octanol–water partition coefficient (Wildman–Crippen LogP) is 5.48. The molecule has 1 aliphatic rings. The number of ether oxygens (including phenoxy) is 2. The maximum Gasteiger partial charge on any atom is 0.242 e. The number of amides is 1. The zero-order chi connectivity index (χ0) is 35.1. The third-order valence-corrected chi connectivity index (χ3v) is 11.0. The third-order valence-electron chi connectivity index (χ3n) is 8.34. The van der Waals surface area contributed by atoms with Crippen LogP contribution < -0.4 is 10.0 Å². The molecule has 50 heavy (non-hydrogen) atoms. The molecule has 5 aromatic rings. The number of aryl methyl sites for hydroxylation is 2. The van der Waals surface area contributed by atoms with Crippen LogP contribution in [0.2, 0.25) is 0 Å². The van der Waals surface area contributed by atoms with E-state index in [2.05, 4.69) is 20.2 Å². The van der Waals surface area contributed by atoms with Gasteiger partial charge in [0.2, 0.25) is 15.9 Å². The highest BCUT2D eigenvalue weighted by Gasteiger charge is 2.33. The number of nitrogens with one attached hydrogen (secondary N) is 2. The molecule has 11 nitrogen and oxygen atoms in total. The summed E-state index contributed by atoms with van der Waals surface area (Å²) in [6, 6.07) is 29.5. The van der Waals surface area contributed by atoms with Crippen LogP contribution in [-0.4, -0.2) is 52.1 Å². The quantitative estimate of drug-likeness (QED) is 0.135. The van der Waals surface area contributed by atoms with E-state index in [9.17, 15) is 18.3 Å². The van der Waals surface area contributed by atoms with E-state index in [0.717, 1.165) is 27.4 Å². The number of sulfonamides is 1. The van der Waals surface area contributed by atoms with Crippen molar-refractivity contribution in [1.29, 1.82) is 0 Å². The van der Waals surface area contributed by atoms with Gasteiger partial charge in [-0.3, -0.25) is 4.79 Å². The maximum absolute atomic E-state index is 13.8. The number of rotatable bonds is 13. The molecule has 0 radical (unpaired) electrons. The molecule has 0 bridgehead atoms. The molecule has 1 fully saturated rings. The Bertz CT molecular complexity index is 1990. The van der Waals surface area contributed by atoms with E-state index in [-0.39, 0.29) is 30.1 Å². The first-order chi connectivity index (χ1) is 24.2. The molecule has 1 saturated heterocycles. The Morgan fingerprint density at radius 2 is 1.72 bits per heavy atom. The Kier molecular flexibility index (Phi) is 11.4. The first-order valence-electron chi connectivity index (χ1n) is 16.2. The summed E-state index contributed by atoms with van der Waals surface area (Å²) >= 11 is 1.54. The molecule has 3 N–H and O–H groups in total. The normalized spacial score (nSPS) is 18.4. The van der Waals surface area contributed by atoms with Gasteiger partial charge in [0.1, 0.15) is 12.4 Å². The van der Waals surface area contributed by atoms with Gasteiger partial charge in [0.15, 0.2) is 11.4 Å². The fourth-order valence-corrected chi connectivity index (χ4v) is 7.70. The molecule has 0 unspecified atom stereocenters. The van der Waals surface area contributed by atoms with E-state index in [1.165, 1.54) is 12.1 Å². The van der Waals surface area contributed by atoms with Gasteiger partial charge in [0.25, 0.3) is 0 Å². The van der Waals surface area contributed by atoms with Gasteiger partial charge in [-0.15, -0.1) is 10.2 Å². The van der Waals surface area contributed by atoms with Crippen LogP contribution in [0.4, 0.5) is 5.69 Å². The predicted molar refractivity (Wildman–Crippen MR) is 191 cm³/mol. The maximum atomic E-state index is 13.8. The molecule has 0 spiro atoms. The third kappa shape index (κ3) is 9.04. The summed E-state index contributed by atoms with van der Waals surface area (Å²) in [6.45, 7) is 1.83. The number of carbonyl (C=O) groups excluding carboxylic acids is 1. The van der Waals surface area contributed by atoms with Crippen LogP contribution in [-0.2, 0) is 44.4 Å².